The minimum Gasteiger partial charge on any atom is -0.232 e. The topological polar surface area (TPSA) is 61.0 Å². The van der Waals surface area contributed by atoms with Crippen molar-refractivity contribution in [2.24, 2.45) is 0 Å². The van der Waals surface area contributed by atoms with E-state index in [-0.39, 0.29) is 0 Å². The number of rotatable bonds is 0. The summed E-state index contributed by atoms with van der Waals surface area (Å²) < 4.78 is 17.1. The summed E-state index contributed by atoms with van der Waals surface area (Å²) in [6.45, 7) is 3.01. The van der Waals surface area contributed by atoms with E-state index in [4.69, 9.17) is 9.97 Å². The Morgan fingerprint density at radius 2 is 0.625 bits per heavy atom. The highest BCUT2D eigenvalue weighted by Gasteiger charge is 2.18. The van der Waals surface area contributed by atoms with E-state index in [1.54, 1.807) is 0 Å². The van der Waals surface area contributed by atoms with Crippen LogP contribution in [0.1, 0.15) is 22.3 Å². The molecule has 10 heteroatoms. The lowest BCUT2D eigenvalue weighted by Gasteiger charge is -2.06. The maximum Gasteiger partial charge on any atom is 0.250 e. The Balaban J connectivity index is 1.12. The zero-order valence-electron chi connectivity index (χ0n) is 26.3. The van der Waals surface area contributed by atoms with E-state index in [0.717, 1.165) is 49.5 Å². The molecule has 0 fully saturated rings. The fourth-order valence-corrected chi connectivity index (χ4v) is 6.41. The number of hydrogen-bond acceptors (Lipinski definition) is 2. The summed E-state index contributed by atoms with van der Waals surface area (Å²) in [5.74, 6) is 3.46. The predicted molar refractivity (Wildman–Crippen MR) is 176 cm³/mol. The average molecular weight is 631 g/mol. The van der Waals surface area contributed by atoms with Gasteiger partial charge in [-0.2, -0.15) is 28.2 Å². The highest BCUT2D eigenvalue weighted by Crippen LogP contribution is 2.14. The number of hydrogen-bond donors (Lipinski definition) is 0. The molecule has 232 valence electrons. The molecule has 0 N–H and O–H groups in total. The van der Waals surface area contributed by atoms with Crippen molar-refractivity contribution in [2.75, 3.05) is 0 Å². The molecule has 0 unspecified atom stereocenters. The Labute approximate surface area is 277 Å². The quantitative estimate of drug-likeness (QED) is 0.242. The van der Waals surface area contributed by atoms with Crippen LogP contribution in [0.25, 0.3) is 23.3 Å². The van der Waals surface area contributed by atoms with Crippen LogP contribution in [0.2, 0.25) is 0 Å². The van der Waals surface area contributed by atoms with Gasteiger partial charge in [0.1, 0.15) is 75.8 Å². The molecule has 8 aromatic rings. The lowest BCUT2D eigenvalue weighted by Crippen LogP contribution is -2.35. The van der Waals surface area contributed by atoms with Crippen molar-refractivity contribution in [3.63, 3.8) is 0 Å². The first-order chi connectivity index (χ1) is 23.7. The van der Waals surface area contributed by atoms with Gasteiger partial charge in [0.25, 0.3) is 25.3 Å². The van der Waals surface area contributed by atoms with Crippen LogP contribution in [0, 0.1) is 0 Å². The molecule has 2 aromatic carbocycles. The van der Waals surface area contributed by atoms with E-state index in [1.165, 1.54) is 22.3 Å². The van der Waals surface area contributed by atoms with Gasteiger partial charge >= 0.3 is 0 Å². The van der Waals surface area contributed by atoms with Crippen LogP contribution < -0.4 is 18.3 Å². The number of fused-ring (bicyclic) bond motifs is 18. The second-order valence-corrected chi connectivity index (χ2v) is 12.2. The minimum absolute atomic E-state index is 0.754. The largest absolute Gasteiger partial charge is 0.250 e. The van der Waals surface area contributed by atoms with Crippen LogP contribution in [0.3, 0.4) is 0 Å². The number of pyridine rings is 2. The molecule has 0 saturated heterocycles. The fourth-order valence-electron chi connectivity index (χ4n) is 6.41. The third-order valence-corrected chi connectivity index (χ3v) is 8.91. The number of aromatic nitrogens is 10. The molecule has 10 nitrogen and oxygen atoms in total. The van der Waals surface area contributed by atoms with Gasteiger partial charge in [-0.25, -0.2) is 18.3 Å². The molecule has 12 bridgehead atoms. The predicted octanol–water partition coefficient (Wildman–Crippen LogP) is 3.30. The van der Waals surface area contributed by atoms with Crippen LogP contribution in [-0.2, 0) is 26.2 Å². The maximum atomic E-state index is 5.01. The highest BCUT2D eigenvalue weighted by molar-refractivity contribution is 5.33. The van der Waals surface area contributed by atoms with Crippen molar-refractivity contribution in [3.8, 4) is 23.3 Å². The van der Waals surface area contributed by atoms with Gasteiger partial charge in [-0.05, 0) is 0 Å². The molecule has 9 rings (SSSR count). The molecule has 0 saturated carbocycles. The first kappa shape index (κ1) is 27.9. The lowest BCUT2D eigenvalue weighted by atomic mass is 10.1. The van der Waals surface area contributed by atoms with Crippen LogP contribution in [0.4, 0.5) is 0 Å². The first-order valence-electron chi connectivity index (χ1n) is 16.1. The van der Waals surface area contributed by atoms with Gasteiger partial charge in [-0.1, -0.05) is 60.7 Å². The maximum absolute atomic E-state index is 5.01. The van der Waals surface area contributed by atoms with Crippen molar-refractivity contribution in [1.29, 1.82) is 0 Å². The minimum atomic E-state index is 0.754. The molecule has 0 radical (unpaired) electrons. The van der Waals surface area contributed by atoms with Gasteiger partial charge in [0.05, 0.1) is 0 Å². The van der Waals surface area contributed by atoms with Crippen LogP contribution in [-0.4, -0.2) is 28.2 Å². The molecule has 48 heavy (non-hydrogen) atoms. The number of nitrogens with zero attached hydrogens (tertiary/aromatic N) is 10. The summed E-state index contributed by atoms with van der Waals surface area (Å²) in [6, 6.07) is 29.6. The van der Waals surface area contributed by atoms with Crippen LogP contribution in [0.15, 0.2) is 160 Å². The molecule has 0 aliphatic carbocycles. The molecular formula is C38H34N10+4. The summed E-state index contributed by atoms with van der Waals surface area (Å²) in [7, 11) is 0. The van der Waals surface area contributed by atoms with Crippen molar-refractivity contribution >= 4 is 0 Å². The second kappa shape index (κ2) is 11.7. The molecule has 7 heterocycles. The molecular weight excluding hydrogens is 596 g/mol. The average Bonchev–Trinajstić information content (AvgIpc) is 3.95. The van der Waals surface area contributed by atoms with Gasteiger partial charge < -0.3 is 0 Å². The van der Waals surface area contributed by atoms with Crippen molar-refractivity contribution in [1.82, 2.24) is 28.2 Å². The molecule has 1 aliphatic heterocycles. The van der Waals surface area contributed by atoms with E-state index < -0.39 is 0 Å². The SMILES string of the molecule is c1cc2nc(c1)-n1cc[n+](c1)Cc1ccccc1C[n+]1ccn(c1)-c1cccc(n1)-n1cc[n+](c1)Cc1ccccc1C[n+]1ccn-2c1. The van der Waals surface area contributed by atoms with Crippen molar-refractivity contribution < 1.29 is 18.3 Å². The van der Waals surface area contributed by atoms with E-state index in [9.17, 15) is 0 Å². The number of benzene rings is 2. The molecule has 6 aromatic heterocycles. The molecule has 0 amide bonds. The van der Waals surface area contributed by atoms with Gasteiger partial charge in [0.2, 0.25) is 23.3 Å². The molecule has 0 atom stereocenters. The van der Waals surface area contributed by atoms with Gasteiger partial charge in [0, 0.05) is 46.5 Å². The summed E-state index contributed by atoms with van der Waals surface area (Å²) in [6.07, 6.45) is 25.1. The number of imidazole rings is 4. The van der Waals surface area contributed by atoms with Crippen LogP contribution >= 0.6 is 0 Å². The Hall–Kier alpha value is -6.42. The first-order valence-corrected chi connectivity index (χ1v) is 16.1. The monoisotopic (exact) mass is 630 g/mol. The summed E-state index contributed by atoms with van der Waals surface area (Å²) in [5, 5.41) is 0. The fraction of sp³-hybridized carbons (Fsp3) is 0.105. The van der Waals surface area contributed by atoms with Crippen LogP contribution in [0.5, 0.6) is 0 Å². The van der Waals surface area contributed by atoms with Crippen molar-refractivity contribution in [3.05, 3.63) is 182 Å². The molecule has 0 spiro atoms. The van der Waals surface area contributed by atoms with Crippen molar-refractivity contribution in [2.45, 2.75) is 26.2 Å². The Bertz CT molecular complexity index is 2070. The van der Waals surface area contributed by atoms with Gasteiger partial charge in [0.15, 0.2) is 0 Å². The van der Waals surface area contributed by atoms with E-state index in [1.807, 2.05) is 24.3 Å². The zero-order valence-corrected chi connectivity index (χ0v) is 26.3. The summed E-state index contributed by atoms with van der Waals surface area (Å²) in [5.41, 5.74) is 5.07. The Morgan fingerprint density at radius 3 is 0.896 bits per heavy atom. The summed E-state index contributed by atoms with van der Waals surface area (Å²) in [4.78, 5) is 10.0. The lowest BCUT2D eigenvalue weighted by molar-refractivity contribution is -0.692. The third-order valence-electron chi connectivity index (χ3n) is 8.91. The highest BCUT2D eigenvalue weighted by atomic mass is 15.2. The third kappa shape index (κ3) is 5.49. The summed E-state index contributed by atoms with van der Waals surface area (Å²) >= 11 is 0. The second-order valence-electron chi connectivity index (χ2n) is 12.2. The Morgan fingerprint density at radius 1 is 0.354 bits per heavy atom. The molecule has 1 aliphatic rings. The van der Waals surface area contributed by atoms with E-state index in [2.05, 4.69) is 172 Å². The normalized spacial score (nSPS) is 12.7. The van der Waals surface area contributed by atoms with Gasteiger partial charge in [-0.15, -0.1) is 0 Å². The standard InChI is InChI=1S/C38H34N10/c1-2-8-32-24-42-16-20-46(28-42)36-12-6-14-38(40-36)48-22-18-44(30-48)26-34-10-4-3-9-33(34)25-43-17-21-47(29-43)37-13-5-11-35(39-37)45-19-15-41(27-45)23-31(32)7-1/h1-22,27-30H,23-26H2/q+4. The van der Waals surface area contributed by atoms with E-state index in [0.29, 0.717) is 0 Å². The Kier molecular flexibility index (Phi) is 6.81. The smallest absolute Gasteiger partial charge is 0.232 e. The van der Waals surface area contributed by atoms with E-state index >= 15 is 0 Å². The van der Waals surface area contributed by atoms with Gasteiger partial charge in [-0.3, -0.25) is 0 Å². The zero-order chi connectivity index (χ0) is 31.9.